The summed E-state index contributed by atoms with van der Waals surface area (Å²) < 4.78 is 0. The van der Waals surface area contributed by atoms with Crippen molar-refractivity contribution in [1.82, 2.24) is 0 Å². The topological polar surface area (TPSA) is 57.5 Å². The van der Waals surface area contributed by atoms with Crippen molar-refractivity contribution in [3.8, 4) is 0 Å². The highest BCUT2D eigenvalue weighted by atomic mass is 16.4. The number of hydrogen-bond donors (Lipinski definition) is 2. The fraction of sp³-hybridized carbons (Fsp3) is 0.917. The highest BCUT2D eigenvalue weighted by molar-refractivity contribution is 5.68. The van der Waals surface area contributed by atoms with Crippen LogP contribution in [-0.2, 0) is 4.79 Å². The van der Waals surface area contributed by atoms with Gasteiger partial charge in [-0.25, -0.2) is 0 Å². The van der Waals surface area contributed by atoms with Gasteiger partial charge in [-0.2, -0.15) is 0 Å². The zero-order valence-corrected chi connectivity index (χ0v) is 9.71. The van der Waals surface area contributed by atoms with Gasteiger partial charge in [-0.1, -0.05) is 20.8 Å². The second-order valence-corrected chi connectivity index (χ2v) is 6.10. The van der Waals surface area contributed by atoms with Crippen LogP contribution in [0, 0.1) is 16.7 Å². The summed E-state index contributed by atoms with van der Waals surface area (Å²) in [6.07, 6.45) is 2.63. The zero-order chi connectivity index (χ0) is 11.5. The molecule has 0 aromatic heterocycles. The molecule has 0 aliphatic heterocycles. The van der Waals surface area contributed by atoms with E-state index in [1.54, 1.807) is 0 Å². The highest BCUT2D eigenvalue weighted by Gasteiger charge is 2.68. The second-order valence-electron chi connectivity index (χ2n) is 6.10. The average molecular weight is 212 g/mol. The molecule has 0 radical (unpaired) electrons. The Morgan fingerprint density at radius 2 is 2.00 bits per heavy atom. The molecule has 2 N–H and O–H groups in total. The fourth-order valence-corrected chi connectivity index (χ4v) is 3.94. The maximum Gasteiger partial charge on any atom is 0.306 e. The molecule has 0 unspecified atom stereocenters. The van der Waals surface area contributed by atoms with Crippen molar-refractivity contribution >= 4 is 5.97 Å². The Bertz CT molecular complexity index is 310. The summed E-state index contributed by atoms with van der Waals surface area (Å²) in [7, 11) is 0. The minimum Gasteiger partial charge on any atom is -0.481 e. The molecule has 0 aromatic rings. The van der Waals surface area contributed by atoms with E-state index in [1.807, 2.05) is 0 Å². The molecule has 2 bridgehead atoms. The summed E-state index contributed by atoms with van der Waals surface area (Å²) in [5.41, 5.74) is -1.16. The van der Waals surface area contributed by atoms with Gasteiger partial charge in [-0.05, 0) is 30.6 Å². The van der Waals surface area contributed by atoms with Crippen LogP contribution in [0.1, 0.15) is 46.5 Å². The lowest BCUT2D eigenvalue weighted by Crippen LogP contribution is -2.48. The Kier molecular flexibility index (Phi) is 2.01. The van der Waals surface area contributed by atoms with E-state index < -0.39 is 11.6 Å². The first-order valence-corrected chi connectivity index (χ1v) is 5.67. The van der Waals surface area contributed by atoms with Crippen molar-refractivity contribution in [3.05, 3.63) is 0 Å². The van der Waals surface area contributed by atoms with Crippen LogP contribution < -0.4 is 0 Å². The standard InChI is InChI=1S/C12H20O3/c1-10(2)8-4-5-11(10,3)12(15,6-8)7-9(13)14/h8,15H,4-7H2,1-3H3,(H,13,14)/t8-,11+,12+/m1/s1. The van der Waals surface area contributed by atoms with Crippen LogP contribution in [0.25, 0.3) is 0 Å². The van der Waals surface area contributed by atoms with E-state index in [-0.39, 0.29) is 17.3 Å². The van der Waals surface area contributed by atoms with Crippen LogP contribution >= 0.6 is 0 Å². The highest BCUT2D eigenvalue weighted by Crippen LogP contribution is 2.70. The Morgan fingerprint density at radius 1 is 1.40 bits per heavy atom. The van der Waals surface area contributed by atoms with E-state index in [2.05, 4.69) is 20.8 Å². The number of hydrogen-bond acceptors (Lipinski definition) is 2. The fourth-order valence-electron chi connectivity index (χ4n) is 3.94. The van der Waals surface area contributed by atoms with Crippen LogP contribution in [0.4, 0.5) is 0 Å². The molecule has 2 saturated carbocycles. The summed E-state index contributed by atoms with van der Waals surface area (Å²) in [6, 6.07) is 0. The first-order chi connectivity index (χ1) is 6.73. The molecule has 3 heteroatoms. The van der Waals surface area contributed by atoms with E-state index in [4.69, 9.17) is 5.11 Å². The van der Waals surface area contributed by atoms with Gasteiger partial charge in [0.1, 0.15) is 0 Å². The monoisotopic (exact) mass is 212 g/mol. The van der Waals surface area contributed by atoms with Gasteiger partial charge >= 0.3 is 5.97 Å². The molecule has 3 atom stereocenters. The van der Waals surface area contributed by atoms with Crippen molar-refractivity contribution < 1.29 is 15.0 Å². The van der Waals surface area contributed by atoms with Gasteiger partial charge in [0.2, 0.25) is 0 Å². The molecule has 0 saturated heterocycles. The summed E-state index contributed by atoms with van der Waals surface area (Å²) in [5.74, 6) is -0.408. The van der Waals surface area contributed by atoms with Gasteiger partial charge in [0.15, 0.2) is 0 Å². The lowest BCUT2D eigenvalue weighted by atomic mass is 9.63. The van der Waals surface area contributed by atoms with E-state index in [0.717, 1.165) is 12.8 Å². The molecule has 3 nitrogen and oxygen atoms in total. The van der Waals surface area contributed by atoms with Crippen LogP contribution in [0.3, 0.4) is 0 Å². The zero-order valence-electron chi connectivity index (χ0n) is 9.71. The second kappa shape index (κ2) is 2.76. The molecule has 15 heavy (non-hydrogen) atoms. The molecule has 86 valence electrons. The van der Waals surface area contributed by atoms with Crippen molar-refractivity contribution in [3.63, 3.8) is 0 Å². The van der Waals surface area contributed by atoms with Crippen molar-refractivity contribution in [1.29, 1.82) is 0 Å². The van der Waals surface area contributed by atoms with Crippen LogP contribution in [0.15, 0.2) is 0 Å². The number of aliphatic carboxylic acids is 1. The summed E-state index contributed by atoms with van der Waals surface area (Å²) in [5, 5.41) is 19.5. The average Bonchev–Trinajstić information content (AvgIpc) is 2.34. The molecule has 0 heterocycles. The molecule has 2 aliphatic carbocycles. The van der Waals surface area contributed by atoms with Crippen LogP contribution in [0.5, 0.6) is 0 Å². The van der Waals surface area contributed by atoms with Crippen LogP contribution in [-0.4, -0.2) is 21.8 Å². The number of carboxylic acid groups (broad SMARTS) is 1. The maximum atomic E-state index is 10.8. The quantitative estimate of drug-likeness (QED) is 0.736. The predicted octanol–water partition coefficient (Wildman–Crippen LogP) is 2.04. The van der Waals surface area contributed by atoms with Gasteiger partial charge in [-0.3, -0.25) is 4.79 Å². The van der Waals surface area contributed by atoms with E-state index in [9.17, 15) is 9.90 Å². The van der Waals surface area contributed by atoms with Crippen LogP contribution in [0.2, 0.25) is 0 Å². The summed E-state index contributed by atoms with van der Waals surface area (Å²) in [6.45, 7) is 6.40. The van der Waals surface area contributed by atoms with Gasteiger partial charge in [0, 0.05) is 5.41 Å². The van der Waals surface area contributed by atoms with Crippen molar-refractivity contribution in [2.45, 2.75) is 52.1 Å². The SMILES string of the molecule is CC1(C)[C@@H]2CC[C@]1(C)[C@@](O)(CC(=O)O)C2. The van der Waals surface area contributed by atoms with Crippen molar-refractivity contribution in [2.24, 2.45) is 16.7 Å². The lowest BCUT2D eigenvalue weighted by Gasteiger charge is -2.44. The minimum absolute atomic E-state index is 0.0667. The third kappa shape index (κ3) is 1.13. The molecule has 2 fully saturated rings. The van der Waals surface area contributed by atoms with E-state index in [1.165, 1.54) is 0 Å². The predicted molar refractivity (Wildman–Crippen MR) is 56.4 cm³/mol. The Morgan fingerprint density at radius 3 is 2.33 bits per heavy atom. The smallest absolute Gasteiger partial charge is 0.306 e. The molecule has 2 rings (SSSR count). The lowest BCUT2D eigenvalue weighted by molar-refractivity contribution is -0.152. The Labute approximate surface area is 90.5 Å². The molecule has 0 aromatic carbocycles. The normalized spacial score (nSPS) is 47.1. The van der Waals surface area contributed by atoms with Gasteiger partial charge in [0.25, 0.3) is 0 Å². The third-order valence-corrected chi connectivity index (χ3v) is 5.49. The van der Waals surface area contributed by atoms with Gasteiger partial charge < -0.3 is 10.2 Å². The molecule has 0 amide bonds. The van der Waals surface area contributed by atoms with E-state index >= 15 is 0 Å². The number of carbonyl (C=O) groups is 1. The largest absolute Gasteiger partial charge is 0.481 e. The van der Waals surface area contributed by atoms with Crippen molar-refractivity contribution in [2.75, 3.05) is 0 Å². The summed E-state index contributed by atoms with van der Waals surface area (Å²) >= 11 is 0. The maximum absolute atomic E-state index is 10.8. The number of fused-ring (bicyclic) bond motifs is 2. The summed E-state index contributed by atoms with van der Waals surface area (Å²) in [4.78, 5) is 10.8. The molecule has 0 spiro atoms. The minimum atomic E-state index is -0.995. The van der Waals surface area contributed by atoms with E-state index in [0.29, 0.717) is 12.3 Å². The molecular formula is C12H20O3. The third-order valence-electron chi connectivity index (χ3n) is 5.49. The van der Waals surface area contributed by atoms with Gasteiger partial charge in [-0.15, -0.1) is 0 Å². The first-order valence-electron chi connectivity index (χ1n) is 5.67. The Hall–Kier alpha value is -0.570. The molecule has 2 aliphatic rings. The number of aliphatic hydroxyl groups is 1. The number of carboxylic acids is 1. The molecular weight excluding hydrogens is 192 g/mol. The number of rotatable bonds is 2. The van der Waals surface area contributed by atoms with Gasteiger partial charge in [0.05, 0.1) is 12.0 Å². The Balaban J connectivity index is 2.36. The first kappa shape index (κ1) is 10.9.